The molecule has 4 nitrogen and oxygen atoms in total. The monoisotopic (exact) mass is 495 g/mol. The quantitative estimate of drug-likeness (QED) is 0.149. The molecule has 0 aliphatic carbocycles. The van der Waals surface area contributed by atoms with Gasteiger partial charge in [0.15, 0.2) is 4.34 Å². The number of rotatable bonds is 13. The Morgan fingerprint density at radius 1 is 1.19 bits per heavy atom. The Morgan fingerprint density at radius 2 is 2.00 bits per heavy atom. The van der Waals surface area contributed by atoms with Gasteiger partial charge in [-0.2, -0.15) is 11.8 Å². The van der Waals surface area contributed by atoms with Gasteiger partial charge in [0.05, 0.1) is 29.2 Å². The zero-order chi connectivity index (χ0) is 21.9. The zero-order valence-electron chi connectivity index (χ0n) is 17.4. The van der Waals surface area contributed by atoms with E-state index in [1.807, 2.05) is 48.5 Å². The number of carbonyl (C=O) groups is 1. The van der Waals surface area contributed by atoms with Gasteiger partial charge < -0.3 is 9.47 Å². The highest BCUT2D eigenvalue weighted by molar-refractivity contribution is 8.01. The van der Waals surface area contributed by atoms with E-state index in [1.165, 1.54) is 11.8 Å². The molecule has 8 heteroatoms. The van der Waals surface area contributed by atoms with Crippen LogP contribution in [0.3, 0.4) is 0 Å². The van der Waals surface area contributed by atoms with Crippen LogP contribution in [0, 0.1) is 0 Å². The van der Waals surface area contributed by atoms with E-state index in [-0.39, 0.29) is 17.8 Å². The number of ether oxygens (including phenoxy) is 2. The van der Waals surface area contributed by atoms with Crippen LogP contribution in [0.15, 0.2) is 52.9 Å². The Bertz CT molecular complexity index is 916. The van der Waals surface area contributed by atoms with E-state index < -0.39 is 0 Å². The molecule has 1 aromatic heterocycles. The first kappa shape index (κ1) is 24.4. The molecule has 0 aliphatic heterocycles. The normalized spacial score (nSPS) is 12.2. The third-order valence-corrected chi connectivity index (χ3v) is 7.91. The number of hydrogen-bond acceptors (Lipinski definition) is 7. The van der Waals surface area contributed by atoms with Gasteiger partial charge in [-0.05, 0) is 42.0 Å². The van der Waals surface area contributed by atoms with Crippen LogP contribution < -0.4 is 0 Å². The third-order valence-electron chi connectivity index (χ3n) is 4.32. The molecule has 3 rings (SSSR count). The fourth-order valence-corrected chi connectivity index (χ4v) is 5.78. The predicted octanol–water partition coefficient (Wildman–Crippen LogP) is 6.70. The molecule has 31 heavy (non-hydrogen) atoms. The average Bonchev–Trinajstić information content (AvgIpc) is 3.19. The number of carbonyl (C=O) groups excluding carboxylic acids is 1. The molecule has 3 aromatic rings. The summed E-state index contributed by atoms with van der Waals surface area (Å²) >= 11 is 10.7. The molecule has 0 bridgehead atoms. The maximum Gasteiger partial charge on any atom is 0.316 e. The van der Waals surface area contributed by atoms with Gasteiger partial charge in [0.1, 0.15) is 6.10 Å². The van der Waals surface area contributed by atoms with Crippen molar-refractivity contribution in [1.82, 2.24) is 4.98 Å². The van der Waals surface area contributed by atoms with Gasteiger partial charge in [-0.15, -0.1) is 11.3 Å². The lowest BCUT2D eigenvalue weighted by Crippen LogP contribution is -2.27. The minimum absolute atomic E-state index is 0.236. The van der Waals surface area contributed by atoms with Crippen molar-refractivity contribution >= 4 is 62.6 Å². The third kappa shape index (κ3) is 8.66. The summed E-state index contributed by atoms with van der Waals surface area (Å²) in [5, 5.41) is 0.702. The Morgan fingerprint density at radius 3 is 2.77 bits per heavy atom. The number of benzene rings is 2. The van der Waals surface area contributed by atoms with E-state index >= 15 is 0 Å². The van der Waals surface area contributed by atoms with Crippen LogP contribution in [-0.4, -0.2) is 40.9 Å². The number of esters is 1. The van der Waals surface area contributed by atoms with E-state index in [2.05, 4.69) is 11.9 Å². The molecule has 0 saturated carbocycles. The van der Waals surface area contributed by atoms with Crippen molar-refractivity contribution in [1.29, 1.82) is 0 Å². The highest BCUT2D eigenvalue weighted by Gasteiger charge is 2.16. The number of halogens is 1. The molecule has 2 aromatic carbocycles. The van der Waals surface area contributed by atoms with E-state index in [0.29, 0.717) is 18.2 Å². The van der Waals surface area contributed by atoms with Crippen molar-refractivity contribution in [3.63, 3.8) is 0 Å². The minimum Gasteiger partial charge on any atom is -0.458 e. The predicted molar refractivity (Wildman–Crippen MR) is 134 cm³/mol. The number of aromatic nitrogens is 1. The number of unbranched alkanes of at least 4 members (excludes halogenated alkanes) is 1. The number of thiazole rings is 1. The Labute approximate surface area is 201 Å². The van der Waals surface area contributed by atoms with Gasteiger partial charge in [0, 0.05) is 10.8 Å². The summed E-state index contributed by atoms with van der Waals surface area (Å²) < 4.78 is 13.6. The first-order valence-corrected chi connectivity index (χ1v) is 13.6. The Hall–Kier alpha value is -1.25. The smallest absolute Gasteiger partial charge is 0.316 e. The van der Waals surface area contributed by atoms with Crippen molar-refractivity contribution in [2.24, 2.45) is 0 Å². The molecule has 0 amide bonds. The molecular weight excluding hydrogens is 470 g/mol. The zero-order valence-corrected chi connectivity index (χ0v) is 20.6. The summed E-state index contributed by atoms with van der Waals surface area (Å²) in [7, 11) is 0. The summed E-state index contributed by atoms with van der Waals surface area (Å²) in [5.74, 6) is 1.80. The maximum absolute atomic E-state index is 12.5. The van der Waals surface area contributed by atoms with Crippen LogP contribution in [0.1, 0.15) is 25.3 Å². The molecule has 0 radical (unpaired) electrons. The lowest BCUT2D eigenvalue weighted by atomic mass is 10.2. The van der Waals surface area contributed by atoms with E-state index in [0.717, 1.165) is 44.5 Å². The second-order valence-corrected chi connectivity index (χ2v) is 10.8. The molecule has 0 aliphatic rings. The Balaban J connectivity index is 1.47. The van der Waals surface area contributed by atoms with Crippen molar-refractivity contribution < 1.29 is 14.3 Å². The van der Waals surface area contributed by atoms with Crippen molar-refractivity contribution in [3.8, 4) is 0 Å². The van der Waals surface area contributed by atoms with Crippen LogP contribution in [0.4, 0.5) is 0 Å². The standard InChI is InChI=1S/C23H26ClNO3S3/c1-2-3-12-29-15-19(14-27-13-17-8-10-18(24)11-9-17)28-22(26)16-30-23-25-20-6-4-5-7-21(20)31-23/h4-11,19H,2-3,12-16H2,1H3. The van der Waals surface area contributed by atoms with Crippen LogP contribution in [0.5, 0.6) is 0 Å². The first-order chi connectivity index (χ1) is 15.1. The molecule has 0 spiro atoms. The number of thioether (sulfide) groups is 2. The fraction of sp³-hybridized carbons (Fsp3) is 0.391. The van der Waals surface area contributed by atoms with Gasteiger partial charge in [0.2, 0.25) is 0 Å². The van der Waals surface area contributed by atoms with E-state index in [1.54, 1.807) is 23.1 Å². The molecule has 0 N–H and O–H groups in total. The summed E-state index contributed by atoms with van der Waals surface area (Å²) in [5.41, 5.74) is 2.00. The molecule has 1 atom stereocenters. The summed E-state index contributed by atoms with van der Waals surface area (Å²) in [6.45, 7) is 3.01. The van der Waals surface area contributed by atoms with Crippen molar-refractivity contribution in [3.05, 3.63) is 59.1 Å². The summed E-state index contributed by atoms with van der Waals surface area (Å²) in [6, 6.07) is 15.5. The number of para-hydroxylation sites is 1. The van der Waals surface area contributed by atoms with Gasteiger partial charge >= 0.3 is 5.97 Å². The highest BCUT2D eigenvalue weighted by Crippen LogP contribution is 2.29. The van der Waals surface area contributed by atoms with Crippen LogP contribution in [-0.2, 0) is 20.9 Å². The summed E-state index contributed by atoms with van der Waals surface area (Å²) in [6.07, 6.45) is 2.05. The molecule has 1 heterocycles. The molecule has 0 fully saturated rings. The number of nitrogens with zero attached hydrogens (tertiary/aromatic N) is 1. The second kappa shape index (κ2) is 13.3. The molecule has 1 unspecified atom stereocenters. The lowest BCUT2D eigenvalue weighted by Gasteiger charge is -2.18. The number of fused-ring (bicyclic) bond motifs is 1. The van der Waals surface area contributed by atoms with Crippen LogP contribution in [0.2, 0.25) is 5.02 Å². The highest BCUT2D eigenvalue weighted by atomic mass is 35.5. The van der Waals surface area contributed by atoms with Crippen molar-refractivity contribution in [2.75, 3.05) is 23.9 Å². The Kier molecular flexibility index (Phi) is 10.5. The minimum atomic E-state index is -0.266. The number of hydrogen-bond donors (Lipinski definition) is 0. The maximum atomic E-state index is 12.5. The van der Waals surface area contributed by atoms with E-state index in [4.69, 9.17) is 21.1 Å². The van der Waals surface area contributed by atoms with E-state index in [9.17, 15) is 4.79 Å². The molecule has 0 saturated heterocycles. The molecular formula is C23H26ClNO3S3. The van der Waals surface area contributed by atoms with Gasteiger partial charge in [-0.1, -0.05) is 61.0 Å². The van der Waals surface area contributed by atoms with Crippen molar-refractivity contribution in [2.45, 2.75) is 36.8 Å². The SMILES string of the molecule is CCCCSCC(COCc1ccc(Cl)cc1)OC(=O)CSc1nc2ccccc2s1. The summed E-state index contributed by atoms with van der Waals surface area (Å²) in [4.78, 5) is 17.0. The average molecular weight is 496 g/mol. The fourth-order valence-electron chi connectivity index (χ4n) is 2.72. The second-order valence-electron chi connectivity index (χ2n) is 6.92. The topological polar surface area (TPSA) is 48.4 Å². The van der Waals surface area contributed by atoms with Crippen LogP contribution in [0.25, 0.3) is 10.2 Å². The van der Waals surface area contributed by atoms with Gasteiger partial charge in [0.25, 0.3) is 0 Å². The van der Waals surface area contributed by atoms with Gasteiger partial charge in [-0.3, -0.25) is 4.79 Å². The largest absolute Gasteiger partial charge is 0.458 e. The van der Waals surface area contributed by atoms with Gasteiger partial charge in [-0.25, -0.2) is 4.98 Å². The first-order valence-electron chi connectivity index (χ1n) is 10.2. The lowest BCUT2D eigenvalue weighted by molar-refractivity contribution is -0.147. The van der Waals surface area contributed by atoms with Crippen LogP contribution >= 0.6 is 46.5 Å². The molecule has 166 valence electrons.